The largest absolute Gasteiger partial charge is 2.00 e. The predicted molar refractivity (Wildman–Crippen MR) is 24.6 cm³/mol. The third-order valence-electron chi connectivity index (χ3n) is 0.0943. The minimum Gasteiger partial charge on any atom is -1.00 e. The summed E-state index contributed by atoms with van der Waals surface area (Å²) in [5.41, 5.74) is 0. The minimum absolute atomic E-state index is 0. The van der Waals surface area contributed by atoms with Crippen molar-refractivity contribution in [2.75, 3.05) is 0 Å². The van der Waals surface area contributed by atoms with E-state index in [1.165, 1.54) is 0 Å². The van der Waals surface area contributed by atoms with E-state index in [0.717, 1.165) is 0 Å². The summed E-state index contributed by atoms with van der Waals surface area (Å²) in [4.78, 5) is 15.3. The van der Waals surface area contributed by atoms with Gasteiger partial charge in [-0.25, -0.2) is 10.5 Å². The first kappa shape index (κ1) is 10.1. The second-order valence-electron chi connectivity index (χ2n) is 0.358. The van der Waals surface area contributed by atoms with Crippen LogP contribution < -0.4 is 5.90 Å². The first-order valence-corrected chi connectivity index (χ1v) is 1.98. The summed E-state index contributed by atoms with van der Waals surface area (Å²) < 4.78 is 3.43. The molecule has 0 spiro atoms. The van der Waals surface area contributed by atoms with Gasteiger partial charge >= 0.3 is 31.7 Å². The van der Waals surface area contributed by atoms with Gasteiger partial charge in [0.2, 0.25) is 0 Å². The Bertz CT molecular complexity index is 31.2. The second-order valence-corrected chi connectivity index (χ2v) is 1.07. The molecule has 0 aromatic heterocycles. The summed E-state index contributed by atoms with van der Waals surface area (Å²) in [7, 11) is -2.32. The molecule has 0 aliphatic carbocycles. The van der Waals surface area contributed by atoms with Gasteiger partial charge in [-0.2, -0.15) is 0 Å². The van der Waals surface area contributed by atoms with E-state index in [2.05, 4.69) is 10.5 Å². The van der Waals surface area contributed by atoms with Gasteiger partial charge < -0.3 is 12.6 Å². The Labute approximate surface area is 55.4 Å². The van der Waals surface area contributed by atoms with Gasteiger partial charge in [0.15, 0.2) is 0 Å². The maximum atomic E-state index is 7.63. The Hall–Kier alpha value is 1.04. The van der Waals surface area contributed by atoms with Crippen LogP contribution in [-0.2, 0) is 4.62 Å². The van der Waals surface area contributed by atoms with E-state index in [1.54, 1.807) is 0 Å². The standard InChI is InChI=1S/Mg.H4NO3P.2H/c;1-4-5(2)3;;/h;2-3H,1H2;;/q+2;;2*-1. The van der Waals surface area contributed by atoms with Crippen molar-refractivity contribution in [1.29, 1.82) is 0 Å². The van der Waals surface area contributed by atoms with Gasteiger partial charge in [-0.3, -0.25) is 0 Å². The fourth-order valence-corrected chi connectivity index (χ4v) is 0. The van der Waals surface area contributed by atoms with Crippen molar-refractivity contribution in [1.82, 2.24) is 0 Å². The molecule has 6 heavy (non-hydrogen) atoms. The summed E-state index contributed by atoms with van der Waals surface area (Å²) in [6.07, 6.45) is 0. The molecule has 0 rings (SSSR count). The van der Waals surface area contributed by atoms with Gasteiger partial charge in [0, 0.05) is 0 Å². The third kappa shape index (κ3) is 8.90. The van der Waals surface area contributed by atoms with Crippen LogP contribution in [0.3, 0.4) is 0 Å². The molecule has 0 atom stereocenters. The molecular formula is H6MgNO3P. The summed E-state index contributed by atoms with van der Waals surface area (Å²) in [5.74, 6) is 4.20. The maximum absolute atomic E-state index is 7.63. The van der Waals surface area contributed by atoms with Crippen LogP contribution in [0.25, 0.3) is 0 Å². The van der Waals surface area contributed by atoms with Crippen LogP contribution in [0, 0.1) is 0 Å². The SMILES string of the molecule is NOP(O)O.[H-].[H-].[Mg+2]. The maximum Gasteiger partial charge on any atom is 2.00 e. The van der Waals surface area contributed by atoms with Crippen molar-refractivity contribution in [3.8, 4) is 0 Å². The molecule has 6 heteroatoms. The number of nitrogens with two attached hydrogens (primary N) is 1. The van der Waals surface area contributed by atoms with Gasteiger partial charge in [-0.05, 0) is 0 Å². The summed E-state index contributed by atoms with van der Waals surface area (Å²) >= 11 is 0. The molecule has 0 amide bonds. The molecule has 0 bridgehead atoms. The van der Waals surface area contributed by atoms with Crippen molar-refractivity contribution < 1.29 is 17.3 Å². The van der Waals surface area contributed by atoms with E-state index < -0.39 is 8.60 Å². The van der Waals surface area contributed by atoms with E-state index in [4.69, 9.17) is 9.79 Å². The Morgan fingerprint density at radius 1 is 1.67 bits per heavy atom. The van der Waals surface area contributed by atoms with E-state index in [0.29, 0.717) is 0 Å². The van der Waals surface area contributed by atoms with Crippen LogP contribution in [0.2, 0.25) is 0 Å². The Balaban J connectivity index is -0.0000000267. The zero-order valence-corrected chi connectivity index (χ0v) is 5.34. The summed E-state index contributed by atoms with van der Waals surface area (Å²) in [5, 5.41) is 0. The minimum atomic E-state index is -2.32. The van der Waals surface area contributed by atoms with Crippen LogP contribution in [0.4, 0.5) is 0 Å². The fourth-order valence-electron chi connectivity index (χ4n) is 0. The molecule has 0 aliphatic heterocycles. The topological polar surface area (TPSA) is 75.7 Å². The van der Waals surface area contributed by atoms with Gasteiger partial charge in [0.05, 0.1) is 0 Å². The van der Waals surface area contributed by atoms with Crippen molar-refractivity contribution >= 4 is 31.7 Å². The van der Waals surface area contributed by atoms with Crippen molar-refractivity contribution in [3.05, 3.63) is 0 Å². The number of hydrogen-bond acceptors (Lipinski definition) is 4. The van der Waals surface area contributed by atoms with Crippen molar-refractivity contribution in [2.45, 2.75) is 0 Å². The molecule has 0 saturated carbocycles. The number of rotatable bonds is 1. The van der Waals surface area contributed by atoms with Gasteiger partial charge in [-0.15, -0.1) is 0 Å². The molecule has 36 valence electrons. The average molecular weight is 123 g/mol. The Morgan fingerprint density at radius 2 is 1.83 bits per heavy atom. The first-order valence-electron chi connectivity index (χ1n) is 0.818. The Kier molecular flexibility index (Phi) is 10.2. The second kappa shape index (κ2) is 6.04. The predicted octanol–water partition coefficient (Wildman–Crippen LogP) is -1.07. The Morgan fingerprint density at radius 3 is 1.83 bits per heavy atom. The quantitative estimate of drug-likeness (QED) is 0.236. The molecule has 0 aliphatic rings. The molecule has 0 heterocycles. The zero-order chi connectivity index (χ0) is 4.28. The molecule has 0 aromatic carbocycles. The molecule has 4 N–H and O–H groups in total. The van der Waals surface area contributed by atoms with E-state index in [1.807, 2.05) is 0 Å². The summed E-state index contributed by atoms with van der Waals surface area (Å²) in [6, 6.07) is 0. The van der Waals surface area contributed by atoms with E-state index in [9.17, 15) is 0 Å². The van der Waals surface area contributed by atoms with Crippen LogP contribution in [0.5, 0.6) is 0 Å². The van der Waals surface area contributed by atoms with Crippen LogP contribution in [-0.4, -0.2) is 32.8 Å². The molecule has 0 unspecified atom stereocenters. The fraction of sp³-hybridized carbons (Fsp3) is 0. The molecule has 0 fully saturated rings. The van der Waals surface area contributed by atoms with E-state index in [-0.39, 0.29) is 25.9 Å². The van der Waals surface area contributed by atoms with Crippen LogP contribution >= 0.6 is 8.60 Å². The first-order chi connectivity index (χ1) is 2.27. The number of hydrogen-bond donors (Lipinski definition) is 3. The third-order valence-corrected chi connectivity index (χ3v) is 0.283. The van der Waals surface area contributed by atoms with Gasteiger partial charge in [-0.1, -0.05) is 0 Å². The van der Waals surface area contributed by atoms with Gasteiger partial charge in [0.1, 0.15) is 0 Å². The van der Waals surface area contributed by atoms with E-state index >= 15 is 0 Å². The zero-order valence-electron chi connectivity index (χ0n) is 5.03. The normalized spacial score (nSPS) is 8.00. The molecule has 4 nitrogen and oxygen atoms in total. The van der Waals surface area contributed by atoms with Crippen molar-refractivity contribution in [3.63, 3.8) is 0 Å². The molecule has 0 aromatic rings. The van der Waals surface area contributed by atoms with Gasteiger partial charge in [0.25, 0.3) is 0 Å². The van der Waals surface area contributed by atoms with Crippen molar-refractivity contribution in [2.24, 2.45) is 5.90 Å². The van der Waals surface area contributed by atoms with Crippen LogP contribution in [0.1, 0.15) is 2.85 Å². The molecule has 0 radical (unpaired) electrons. The van der Waals surface area contributed by atoms with Crippen LogP contribution in [0.15, 0.2) is 0 Å². The monoisotopic (exact) mass is 123 g/mol. The molecular weight excluding hydrogens is 117 g/mol. The average Bonchev–Trinajstić information content (AvgIpc) is 1.38. The molecule has 0 saturated heterocycles. The smallest absolute Gasteiger partial charge is 1.00 e. The summed E-state index contributed by atoms with van der Waals surface area (Å²) in [6.45, 7) is 0.